The molecule has 0 spiro atoms. The Labute approximate surface area is 150 Å². The number of aliphatic hydroxyl groups is 1. The maximum atomic E-state index is 9.89. The van der Waals surface area contributed by atoms with Crippen LogP contribution >= 0.6 is 11.3 Å². The maximum absolute atomic E-state index is 9.89. The Bertz CT molecular complexity index is 866. The molecule has 0 aliphatic carbocycles. The highest BCUT2D eigenvalue weighted by atomic mass is 32.1. The van der Waals surface area contributed by atoms with Crippen LogP contribution in [0.2, 0.25) is 0 Å². The summed E-state index contributed by atoms with van der Waals surface area (Å²) >= 11 is 1.60. The third-order valence-corrected chi connectivity index (χ3v) is 5.14. The number of nitrogens with zero attached hydrogens (tertiary/aromatic N) is 2. The Morgan fingerprint density at radius 2 is 2.16 bits per heavy atom. The monoisotopic (exact) mass is 359 g/mol. The van der Waals surface area contributed by atoms with Gasteiger partial charge in [-0.15, -0.1) is 11.3 Å². The third kappa shape index (κ3) is 3.83. The van der Waals surface area contributed by atoms with Gasteiger partial charge in [0.25, 0.3) is 0 Å². The van der Waals surface area contributed by atoms with Gasteiger partial charge in [0.1, 0.15) is 17.0 Å². The Morgan fingerprint density at radius 1 is 1.32 bits per heavy atom. The lowest BCUT2D eigenvalue weighted by Gasteiger charge is -2.16. The zero-order valence-electron chi connectivity index (χ0n) is 14.2. The van der Waals surface area contributed by atoms with Crippen LogP contribution in [-0.4, -0.2) is 40.4 Å². The van der Waals surface area contributed by atoms with Crippen LogP contribution in [0.25, 0.3) is 10.2 Å². The summed E-state index contributed by atoms with van der Waals surface area (Å²) < 4.78 is 5.06. The van der Waals surface area contributed by atoms with E-state index in [0.29, 0.717) is 18.7 Å². The number of phenols is 1. The van der Waals surface area contributed by atoms with Crippen molar-refractivity contribution in [2.75, 3.05) is 25.6 Å². The van der Waals surface area contributed by atoms with Gasteiger partial charge in [-0.3, -0.25) is 0 Å². The average Bonchev–Trinajstić information content (AvgIpc) is 3.00. The van der Waals surface area contributed by atoms with Crippen LogP contribution in [-0.2, 0) is 6.42 Å². The minimum atomic E-state index is -0.00301. The summed E-state index contributed by atoms with van der Waals surface area (Å²) in [6, 6.07) is 5.30. The second-order valence-corrected chi connectivity index (χ2v) is 6.82. The van der Waals surface area contributed by atoms with Gasteiger partial charge in [0.2, 0.25) is 0 Å². The summed E-state index contributed by atoms with van der Waals surface area (Å²) in [6.07, 6.45) is 2.19. The molecule has 1 atom stereocenters. The van der Waals surface area contributed by atoms with Crippen LogP contribution < -0.4 is 10.1 Å². The van der Waals surface area contributed by atoms with Crippen molar-refractivity contribution in [1.82, 2.24) is 9.97 Å². The van der Waals surface area contributed by atoms with Crippen LogP contribution in [0.5, 0.6) is 11.5 Å². The first kappa shape index (κ1) is 17.4. The summed E-state index contributed by atoms with van der Waals surface area (Å²) in [4.78, 5) is 9.57. The molecule has 3 aromatic rings. The number of fused-ring (bicyclic) bond motifs is 1. The van der Waals surface area contributed by atoms with Crippen LogP contribution in [0, 0.1) is 12.8 Å². The van der Waals surface area contributed by atoms with Gasteiger partial charge < -0.3 is 20.3 Å². The van der Waals surface area contributed by atoms with E-state index in [1.165, 1.54) is 7.11 Å². The number of aliphatic hydroxyl groups excluding tert-OH is 1. The molecule has 0 saturated heterocycles. The lowest BCUT2D eigenvalue weighted by atomic mass is 9.99. The van der Waals surface area contributed by atoms with E-state index >= 15 is 0 Å². The van der Waals surface area contributed by atoms with Crippen LogP contribution in [0.4, 0.5) is 5.82 Å². The number of phenolic OH excluding ortho intramolecular Hbond substituents is 1. The topological polar surface area (TPSA) is 87.5 Å². The molecule has 0 bridgehead atoms. The number of thiophene rings is 1. The van der Waals surface area contributed by atoms with E-state index in [4.69, 9.17) is 4.74 Å². The fraction of sp³-hybridized carbons (Fsp3) is 0.333. The third-order valence-electron chi connectivity index (χ3n) is 4.14. The van der Waals surface area contributed by atoms with Crippen molar-refractivity contribution < 1.29 is 14.9 Å². The second-order valence-electron chi connectivity index (χ2n) is 5.96. The predicted octanol–water partition coefficient (Wildman–Crippen LogP) is 2.98. The molecule has 25 heavy (non-hydrogen) atoms. The lowest BCUT2D eigenvalue weighted by Crippen LogP contribution is -2.21. The molecule has 0 aliphatic heterocycles. The number of anilines is 1. The smallest absolute Gasteiger partial charge is 0.160 e. The molecule has 1 aromatic carbocycles. The first-order chi connectivity index (χ1) is 12.1. The number of aromatic nitrogens is 2. The molecule has 0 amide bonds. The first-order valence-corrected chi connectivity index (χ1v) is 8.89. The van der Waals surface area contributed by atoms with Crippen molar-refractivity contribution >= 4 is 27.4 Å². The van der Waals surface area contributed by atoms with E-state index in [9.17, 15) is 10.2 Å². The Balaban J connectivity index is 1.70. The maximum Gasteiger partial charge on any atom is 0.160 e. The molecule has 7 heteroatoms. The van der Waals surface area contributed by atoms with Gasteiger partial charge in [0, 0.05) is 19.1 Å². The molecule has 6 nitrogen and oxygen atoms in total. The second kappa shape index (κ2) is 7.67. The molecular formula is C18H21N3O3S. The van der Waals surface area contributed by atoms with Gasteiger partial charge in [-0.1, -0.05) is 6.07 Å². The Morgan fingerprint density at radius 3 is 2.88 bits per heavy atom. The molecule has 2 heterocycles. The molecule has 3 rings (SSSR count). The molecule has 0 saturated carbocycles. The average molecular weight is 359 g/mol. The van der Waals surface area contributed by atoms with Crippen molar-refractivity contribution in [3.63, 3.8) is 0 Å². The fourth-order valence-electron chi connectivity index (χ4n) is 2.79. The van der Waals surface area contributed by atoms with Crippen LogP contribution in [0.3, 0.4) is 0 Å². The van der Waals surface area contributed by atoms with Crippen molar-refractivity contribution in [2.24, 2.45) is 5.92 Å². The Kier molecular flexibility index (Phi) is 5.35. The SMILES string of the molecule is COc1ccc(CC(CO)CNc2ncnc3scc(C)c23)cc1O. The number of hydrogen-bond acceptors (Lipinski definition) is 7. The summed E-state index contributed by atoms with van der Waals surface area (Å²) in [5.41, 5.74) is 2.09. The molecule has 2 aromatic heterocycles. The van der Waals surface area contributed by atoms with Crippen LogP contribution in [0.15, 0.2) is 29.9 Å². The zero-order chi connectivity index (χ0) is 17.8. The van der Waals surface area contributed by atoms with Gasteiger partial charge in [-0.25, -0.2) is 9.97 Å². The number of hydrogen-bond donors (Lipinski definition) is 3. The van der Waals surface area contributed by atoms with Gasteiger partial charge in [-0.2, -0.15) is 0 Å². The number of aryl methyl sites for hydroxylation is 1. The summed E-state index contributed by atoms with van der Waals surface area (Å²) in [7, 11) is 1.52. The largest absolute Gasteiger partial charge is 0.504 e. The van der Waals surface area contributed by atoms with Crippen molar-refractivity contribution in [1.29, 1.82) is 0 Å². The number of aromatic hydroxyl groups is 1. The van der Waals surface area contributed by atoms with Gasteiger partial charge in [0.15, 0.2) is 11.5 Å². The molecule has 1 unspecified atom stereocenters. The van der Waals surface area contributed by atoms with Crippen molar-refractivity contribution in [2.45, 2.75) is 13.3 Å². The number of ether oxygens (including phenoxy) is 1. The van der Waals surface area contributed by atoms with Crippen LogP contribution in [0.1, 0.15) is 11.1 Å². The van der Waals surface area contributed by atoms with Gasteiger partial charge in [0.05, 0.1) is 12.5 Å². The molecular weight excluding hydrogens is 338 g/mol. The number of methoxy groups -OCH3 is 1. The number of benzene rings is 1. The standard InChI is InChI=1S/C18H21N3O3S/c1-11-9-25-18-16(11)17(20-10-21-18)19-7-13(8-22)5-12-3-4-15(24-2)14(23)6-12/h3-4,6,9-10,13,22-23H,5,7-8H2,1-2H3,(H,19,20,21). The number of nitrogens with one attached hydrogen (secondary N) is 1. The zero-order valence-corrected chi connectivity index (χ0v) is 15.0. The summed E-state index contributed by atoms with van der Waals surface area (Å²) in [5, 5.41) is 26.0. The minimum Gasteiger partial charge on any atom is -0.504 e. The minimum absolute atomic E-state index is 0.00301. The summed E-state index contributed by atoms with van der Waals surface area (Å²) in [5.74, 6) is 1.34. The quantitative estimate of drug-likeness (QED) is 0.601. The van der Waals surface area contributed by atoms with E-state index in [2.05, 4.69) is 20.7 Å². The predicted molar refractivity (Wildman–Crippen MR) is 99.6 cm³/mol. The molecule has 0 radical (unpaired) electrons. The lowest BCUT2D eigenvalue weighted by molar-refractivity contribution is 0.232. The molecule has 0 aliphatic rings. The van der Waals surface area contributed by atoms with Gasteiger partial charge in [-0.05, 0) is 42.0 Å². The van der Waals surface area contributed by atoms with E-state index in [0.717, 1.165) is 27.2 Å². The summed E-state index contributed by atoms with van der Waals surface area (Å²) in [6.45, 7) is 2.65. The van der Waals surface area contributed by atoms with E-state index < -0.39 is 0 Å². The molecule has 0 fully saturated rings. The van der Waals surface area contributed by atoms with E-state index in [-0.39, 0.29) is 18.3 Å². The van der Waals surface area contributed by atoms with Gasteiger partial charge >= 0.3 is 0 Å². The van der Waals surface area contributed by atoms with E-state index in [1.807, 2.05) is 13.0 Å². The highest BCUT2D eigenvalue weighted by molar-refractivity contribution is 7.17. The van der Waals surface area contributed by atoms with Crippen molar-refractivity contribution in [3.05, 3.63) is 41.0 Å². The van der Waals surface area contributed by atoms with E-state index in [1.54, 1.807) is 29.8 Å². The molecule has 132 valence electrons. The first-order valence-electron chi connectivity index (χ1n) is 8.01. The highest BCUT2D eigenvalue weighted by Gasteiger charge is 2.13. The number of rotatable bonds is 7. The fourth-order valence-corrected chi connectivity index (χ4v) is 3.68. The highest BCUT2D eigenvalue weighted by Crippen LogP contribution is 2.29. The normalized spacial score (nSPS) is 12.3. The van der Waals surface area contributed by atoms with Crippen molar-refractivity contribution in [3.8, 4) is 11.5 Å². The molecule has 3 N–H and O–H groups in total. The Hall–Kier alpha value is -2.38.